The zero-order valence-electron chi connectivity index (χ0n) is 16.9. The maximum absolute atomic E-state index is 13.0. The average Bonchev–Trinajstić information content (AvgIpc) is 3.16. The van der Waals surface area contributed by atoms with Crippen molar-refractivity contribution >= 4 is 45.8 Å². The van der Waals surface area contributed by atoms with Gasteiger partial charge in [0.2, 0.25) is 0 Å². The summed E-state index contributed by atoms with van der Waals surface area (Å²) >= 11 is 12.1. The smallest absolute Gasteiger partial charge is 0.368 e. The van der Waals surface area contributed by atoms with Crippen molar-refractivity contribution in [3.63, 3.8) is 0 Å². The molecule has 0 atom stereocenters. The van der Waals surface area contributed by atoms with Crippen LogP contribution in [0.5, 0.6) is 0 Å². The van der Waals surface area contributed by atoms with Crippen molar-refractivity contribution in [2.45, 2.75) is 37.9 Å². The van der Waals surface area contributed by atoms with Crippen LogP contribution in [-0.2, 0) is 6.18 Å². The van der Waals surface area contributed by atoms with E-state index in [1.807, 2.05) is 0 Å². The predicted molar refractivity (Wildman–Crippen MR) is 119 cm³/mol. The Morgan fingerprint density at radius 2 is 1.84 bits per heavy atom. The second-order valence-corrected chi connectivity index (χ2v) is 8.87. The highest BCUT2D eigenvalue weighted by Gasteiger charge is 2.31. The van der Waals surface area contributed by atoms with Crippen LogP contribution in [0.1, 0.15) is 41.6 Å². The first-order valence-electron chi connectivity index (χ1n) is 10.3. The number of benzene rings is 2. The van der Waals surface area contributed by atoms with Gasteiger partial charge in [-0.15, -0.1) is 0 Å². The molecule has 3 N–H and O–H groups in total. The quantitative estimate of drug-likeness (QED) is 0.398. The topological polar surface area (TPSA) is 69.8 Å². The van der Waals surface area contributed by atoms with Crippen LogP contribution in [0.2, 0.25) is 10.0 Å². The minimum absolute atomic E-state index is 0.0364. The molecule has 1 amide bonds. The third kappa shape index (κ3) is 5.13. The minimum Gasteiger partial charge on any atom is -0.368 e. The highest BCUT2D eigenvalue weighted by Crippen LogP contribution is 2.33. The fraction of sp³-hybridized carbons (Fsp3) is 0.364. The van der Waals surface area contributed by atoms with Crippen molar-refractivity contribution in [1.82, 2.24) is 15.5 Å². The van der Waals surface area contributed by atoms with Gasteiger partial charge in [-0.1, -0.05) is 23.2 Å². The zero-order chi connectivity index (χ0) is 22.9. The van der Waals surface area contributed by atoms with Crippen LogP contribution in [-0.4, -0.2) is 28.7 Å². The SMILES string of the molecule is O=C(NC1CCC(CNc2n[nH]c3ccc(C(F)(F)F)cc23)CC1)c1cc(Cl)ccc1Cl. The average molecular weight is 485 g/mol. The summed E-state index contributed by atoms with van der Waals surface area (Å²) < 4.78 is 39.0. The number of amides is 1. The molecule has 0 bridgehead atoms. The molecule has 0 radical (unpaired) electrons. The Bertz CT molecular complexity index is 1120. The van der Waals surface area contributed by atoms with Gasteiger partial charge in [-0.3, -0.25) is 9.89 Å². The molecule has 0 aliphatic heterocycles. The van der Waals surface area contributed by atoms with Crippen LogP contribution in [0.3, 0.4) is 0 Å². The standard InChI is InChI=1S/C22H21Cl2F3N4O/c23-14-4-7-18(24)16(10-14)21(32)29-15-5-1-12(2-6-15)11-28-20-17-9-13(22(25,26)27)3-8-19(17)30-31-20/h3-4,7-10,12,15H,1-2,5-6,11H2,(H,29,32)(H2,28,30,31). The number of anilines is 1. The molecule has 32 heavy (non-hydrogen) atoms. The van der Waals surface area contributed by atoms with E-state index in [2.05, 4.69) is 20.8 Å². The summed E-state index contributed by atoms with van der Waals surface area (Å²) in [6.45, 7) is 0.594. The van der Waals surface area contributed by atoms with Gasteiger partial charge in [0.1, 0.15) is 0 Å². The van der Waals surface area contributed by atoms with Crippen LogP contribution >= 0.6 is 23.2 Å². The van der Waals surface area contributed by atoms with Crippen LogP contribution < -0.4 is 10.6 Å². The van der Waals surface area contributed by atoms with Crippen molar-refractivity contribution < 1.29 is 18.0 Å². The molecule has 1 aromatic heterocycles. The molecule has 4 rings (SSSR count). The molecule has 1 fully saturated rings. The fourth-order valence-corrected chi connectivity index (χ4v) is 4.39. The van der Waals surface area contributed by atoms with E-state index in [1.54, 1.807) is 18.2 Å². The van der Waals surface area contributed by atoms with Crippen LogP contribution in [0.15, 0.2) is 36.4 Å². The molecule has 0 saturated heterocycles. The first kappa shape index (κ1) is 22.7. The summed E-state index contributed by atoms with van der Waals surface area (Å²) in [6.07, 6.45) is -1.05. The third-order valence-corrected chi connectivity index (χ3v) is 6.37. The molecule has 3 aromatic rings. The van der Waals surface area contributed by atoms with Gasteiger partial charge in [-0.2, -0.15) is 18.3 Å². The fourth-order valence-electron chi connectivity index (χ4n) is 4.01. The molecular weight excluding hydrogens is 464 g/mol. The lowest BCUT2D eigenvalue weighted by Gasteiger charge is -2.29. The van der Waals surface area contributed by atoms with Gasteiger partial charge in [-0.25, -0.2) is 0 Å². The van der Waals surface area contributed by atoms with Gasteiger partial charge in [0.15, 0.2) is 5.82 Å². The lowest BCUT2D eigenvalue weighted by atomic mass is 9.86. The molecule has 1 aliphatic carbocycles. The first-order chi connectivity index (χ1) is 15.2. The van der Waals surface area contributed by atoms with E-state index in [0.717, 1.165) is 37.8 Å². The molecular formula is C22H21Cl2F3N4O. The number of hydrogen-bond acceptors (Lipinski definition) is 3. The van der Waals surface area contributed by atoms with Gasteiger partial charge in [0.05, 0.1) is 21.7 Å². The minimum atomic E-state index is -4.40. The number of carbonyl (C=O) groups excluding carboxylic acids is 1. The largest absolute Gasteiger partial charge is 0.416 e. The summed E-state index contributed by atoms with van der Waals surface area (Å²) in [7, 11) is 0. The monoisotopic (exact) mass is 484 g/mol. The number of nitrogens with zero attached hydrogens (tertiary/aromatic N) is 1. The van der Waals surface area contributed by atoms with Gasteiger partial charge in [-0.05, 0) is 68.0 Å². The highest BCUT2D eigenvalue weighted by molar-refractivity contribution is 6.35. The summed E-state index contributed by atoms with van der Waals surface area (Å²) in [6, 6.07) is 8.34. The Morgan fingerprint density at radius 3 is 2.56 bits per heavy atom. The molecule has 2 aromatic carbocycles. The number of alkyl halides is 3. The Hall–Kier alpha value is -2.45. The zero-order valence-corrected chi connectivity index (χ0v) is 18.4. The van der Waals surface area contributed by atoms with Crippen LogP contribution in [0, 0.1) is 5.92 Å². The summed E-state index contributed by atoms with van der Waals surface area (Å²) in [4.78, 5) is 12.5. The van der Waals surface area contributed by atoms with Gasteiger partial charge < -0.3 is 10.6 Å². The van der Waals surface area contributed by atoms with Crippen LogP contribution in [0.25, 0.3) is 10.9 Å². The molecule has 1 aliphatic rings. The van der Waals surface area contributed by atoms with Gasteiger partial charge >= 0.3 is 6.18 Å². The second kappa shape index (κ2) is 9.19. The number of hydrogen-bond donors (Lipinski definition) is 3. The molecule has 1 heterocycles. The number of fused-ring (bicyclic) bond motifs is 1. The van der Waals surface area contributed by atoms with Gasteiger partial charge in [0, 0.05) is 23.0 Å². The van der Waals surface area contributed by atoms with Crippen molar-refractivity contribution in [3.8, 4) is 0 Å². The van der Waals surface area contributed by atoms with E-state index < -0.39 is 11.7 Å². The normalized spacial score (nSPS) is 19.2. The Labute approximate surface area is 192 Å². The van der Waals surface area contributed by atoms with E-state index in [0.29, 0.717) is 44.8 Å². The van der Waals surface area contributed by atoms with Crippen LogP contribution in [0.4, 0.5) is 19.0 Å². The number of aromatic nitrogens is 2. The van der Waals surface area contributed by atoms with E-state index in [9.17, 15) is 18.0 Å². The van der Waals surface area contributed by atoms with Gasteiger partial charge in [0.25, 0.3) is 5.91 Å². The van der Waals surface area contributed by atoms with E-state index >= 15 is 0 Å². The summed E-state index contributed by atoms with van der Waals surface area (Å²) in [5.74, 6) is 0.495. The maximum Gasteiger partial charge on any atom is 0.416 e. The lowest BCUT2D eigenvalue weighted by Crippen LogP contribution is -2.38. The van der Waals surface area contributed by atoms with E-state index in [4.69, 9.17) is 23.2 Å². The van der Waals surface area contributed by atoms with E-state index in [-0.39, 0.29) is 11.9 Å². The Balaban J connectivity index is 1.31. The summed E-state index contributed by atoms with van der Waals surface area (Å²) in [5, 5.41) is 14.3. The number of nitrogens with one attached hydrogen (secondary N) is 3. The Kier molecular flexibility index (Phi) is 6.53. The van der Waals surface area contributed by atoms with E-state index in [1.165, 1.54) is 6.07 Å². The van der Waals surface area contributed by atoms with Crippen molar-refractivity contribution in [3.05, 3.63) is 57.6 Å². The number of halogens is 5. The molecule has 0 spiro atoms. The molecule has 5 nitrogen and oxygen atoms in total. The number of H-pyrrole nitrogens is 1. The molecule has 1 saturated carbocycles. The lowest BCUT2D eigenvalue weighted by molar-refractivity contribution is -0.137. The molecule has 10 heteroatoms. The van der Waals surface area contributed by atoms with Crippen molar-refractivity contribution in [2.24, 2.45) is 5.92 Å². The highest BCUT2D eigenvalue weighted by atomic mass is 35.5. The van der Waals surface area contributed by atoms with Crippen molar-refractivity contribution in [2.75, 3.05) is 11.9 Å². The Morgan fingerprint density at radius 1 is 1.09 bits per heavy atom. The maximum atomic E-state index is 13.0. The third-order valence-electron chi connectivity index (χ3n) is 5.80. The molecule has 170 valence electrons. The predicted octanol–water partition coefficient (Wildman–Crippen LogP) is 6.29. The first-order valence-corrected chi connectivity index (χ1v) is 11.0. The number of rotatable bonds is 5. The summed E-state index contributed by atoms with van der Waals surface area (Å²) in [5.41, 5.74) is 0.198. The molecule has 0 unspecified atom stereocenters. The number of carbonyl (C=O) groups is 1. The second-order valence-electron chi connectivity index (χ2n) is 8.03. The van der Waals surface area contributed by atoms with Crippen molar-refractivity contribution in [1.29, 1.82) is 0 Å². The number of aromatic amines is 1.